The lowest BCUT2D eigenvalue weighted by atomic mass is 10.3. The van der Waals surface area contributed by atoms with E-state index in [0.717, 1.165) is 42.7 Å². The molecule has 0 radical (unpaired) electrons. The quantitative estimate of drug-likeness (QED) is 0.399. The van der Waals surface area contributed by atoms with Crippen LogP contribution >= 0.6 is 35.3 Å². The van der Waals surface area contributed by atoms with E-state index in [1.165, 1.54) is 4.88 Å². The third-order valence-electron chi connectivity index (χ3n) is 2.91. The monoisotopic (exact) mass is 434 g/mol. The highest BCUT2D eigenvalue weighted by Gasteiger charge is 2.02. The van der Waals surface area contributed by atoms with Gasteiger partial charge in [-0.1, -0.05) is 6.92 Å². The summed E-state index contributed by atoms with van der Waals surface area (Å²) in [6, 6.07) is 3.88. The zero-order chi connectivity index (χ0) is 14.9. The molecule has 7 heteroatoms. The van der Waals surface area contributed by atoms with Crippen LogP contribution in [-0.2, 0) is 19.4 Å². The molecule has 0 bridgehead atoms. The molecule has 2 rings (SSSR count). The summed E-state index contributed by atoms with van der Waals surface area (Å²) in [6.45, 7) is 6.44. The van der Waals surface area contributed by atoms with Crippen molar-refractivity contribution in [1.82, 2.24) is 15.6 Å². The first-order valence-corrected chi connectivity index (χ1v) is 8.11. The molecule has 0 saturated carbocycles. The number of hydrogen-bond donors (Lipinski definition) is 2. The van der Waals surface area contributed by atoms with Gasteiger partial charge in [0.05, 0.1) is 12.8 Å². The van der Waals surface area contributed by atoms with Gasteiger partial charge in [0.15, 0.2) is 5.96 Å². The molecular weight excluding hydrogens is 411 g/mol. The number of halogens is 1. The Bertz CT molecular complexity index is 554. The number of thiazole rings is 1. The van der Waals surface area contributed by atoms with Gasteiger partial charge in [0.25, 0.3) is 0 Å². The van der Waals surface area contributed by atoms with Crippen LogP contribution in [0, 0.1) is 0 Å². The first-order chi connectivity index (χ1) is 10.3. The number of aromatic nitrogens is 1. The molecule has 0 unspecified atom stereocenters. The molecule has 0 saturated heterocycles. The van der Waals surface area contributed by atoms with Crippen molar-refractivity contribution in [2.45, 2.75) is 33.2 Å². The molecular formula is C15H23IN4OS. The standard InChI is InChI=1S/C15H22N4OS.HI/c1-3-13-10-18-14(21-13)11-19-15(16-4-2)17-8-7-12-6-5-9-20-12;/h5-6,9-10H,3-4,7-8,11H2,1-2H3,(H2,16,17,19);1H. The second kappa shape index (κ2) is 10.6. The summed E-state index contributed by atoms with van der Waals surface area (Å²) >= 11 is 1.73. The molecule has 2 aromatic heterocycles. The molecule has 2 aromatic rings. The number of nitrogens with zero attached hydrogens (tertiary/aromatic N) is 2. The fourth-order valence-electron chi connectivity index (χ4n) is 1.83. The SMILES string of the molecule is CCNC(=NCc1ncc(CC)s1)NCCc1ccco1.I. The highest BCUT2D eigenvalue weighted by Crippen LogP contribution is 2.13. The van der Waals surface area contributed by atoms with Crippen molar-refractivity contribution < 1.29 is 4.42 Å². The molecule has 0 aliphatic heterocycles. The lowest BCUT2D eigenvalue weighted by Crippen LogP contribution is -2.38. The highest BCUT2D eigenvalue weighted by atomic mass is 127. The van der Waals surface area contributed by atoms with E-state index in [0.29, 0.717) is 6.54 Å². The van der Waals surface area contributed by atoms with Crippen LogP contribution in [0.2, 0.25) is 0 Å². The van der Waals surface area contributed by atoms with Gasteiger partial charge in [0, 0.05) is 30.6 Å². The molecule has 0 fully saturated rings. The molecule has 0 spiro atoms. The third-order valence-corrected chi connectivity index (χ3v) is 4.04. The Morgan fingerprint density at radius 1 is 1.36 bits per heavy atom. The van der Waals surface area contributed by atoms with Crippen molar-refractivity contribution >= 4 is 41.3 Å². The number of nitrogens with one attached hydrogen (secondary N) is 2. The second-order valence-corrected chi connectivity index (χ2v) is 5.72. The Morgan fingerprint density at radius 3 is 2.86 bits per heavy atom. The van der Waals surface area contributed by atoms with E-state index in [2.05, 4.69) is 34.5 Å². The number of rotatable bonds is 7. The van der Waals surface area contributed by atoms with Crippen LogP contribution in [0.4, 0.5) is 0 Å². The predicted molar refractivity (Wildman–Crippen MR) is 102 cm³/mol. The second-order valence-electron chi connectivity index (χ2n) is 4.53. The van der Waals surface area contributed by atoms with Crippen molar-refractivity contribution in [2.24, 2.45) is 4.99 Å². The Morgan fingerprint density at radius 2 is 2.23 bits per heavy atom. The maximum Gasteiger partial charge on any atom is 0.191 e. The smallest absolute Gasteiger partial charge is 0.191 e. The van der Waals surface area contributed by atoms with Crippen LogP contribution in [0.1, 0.15) is 29.5 Å². The average molecular weight is 434 g/mol. The van der Waals surface area contributed by atoms with Gasteiger partial charge in [-0.05, 0) is 25.5 Å². The van der Waals surface area contributed by atoms with Gasteiger partial charge in [-0.2, -0.15) is 0 Å². The van der Waals surface area contributed by atoms with E-state index in [9.17, 15) is 0 Å². The average Bonchev–Trinajstić information content (AvgIpc) is 3.16. The van der Waals surface area contributed by atoms with Crippen LogP contribution < -0.4 is 10.6 Å². The minimum atomic E-state index is 0. The Hall–Kier alpha value is -1.09. The minimum absolute atomic E-state index is 0. The normalized spacial score (nSPS) is 11.1. The van der Waals surface area contributed by atoms with Gasteiger partial charge < -0.3 is 15.1 Å². The van der Waals surface area contributed by atoms with E-state index in [1.807, 2.05) is 18.3 Å². The van der Waals surface area contributed by atoms with Crippen molar-refractivity contribution in [3.05, 3.63) is 40.2 Å². The maximum absolute atomic E-state index is 5.31. The summed E-state index contributed by atoms with van der Waals surface area (Å²) in [5.41, 5.74) is 0. The van der Waals surface area contributed by atoms with Crippen molar-refractivity contribution in [3.63, 3.8) is 0 Å². The van der Waals surface area contributed by atoms with Crippen molar-refractivity contribution in [1.29, 1.82) is 0 Å². The molecule has 0 aromatic carbocycles. The number of furan rings is 1. The van der Waals surface area contributed by atoms with Gasteiger partial charge in [0.2, 0.25) is 0 Å². The minimum Gasteiger partial charge on any atom is -0.469 e. The molecule has 2 N–H and O–H groups in total. The number of aliphatic imine (C=N–C) groups is 1. The van der Waals surface area contributed by atoms with Gasteiger partial charge in [-0.15, -0.1) is 35.3 Å². The van der Waals surface area contributed by atoms with Crippen molar-refractivity contribution in [3.8, 4) is 0 Å². The summed E-state index contributed by atoms with van der Waals surface area (Å²) < 4.78 is 5.31. The van der Waals surface area contributed by atoms with E-state index >= 15 is 0 Å². The lowest BCUT2D eigenvalue weighted by Gasteiger charge is -2.10. The van der Waals surface area contributed by atoms with Crippen LogP contribution in [0.25, 0.3) is 0 Å². The number of aryl methyl sites for hydroxylation is 1. The zero-order valence-electron chi connectivity index (χ0n) is 13.0. The molecule has 5 nitrogen and oxygen atoms in total. The molecule has 0 amide bonds. The largest absolute Gasteiger partial charge is 0.469 e. The van der Waals surface area contributed by atoms with Crippen LogP contribution in [0.15, 0.2) is 34.0 Å². The topological polar surface area (TPSA) is 62.5 Å². The number of guanidine groups is 1. The first-order valence-electron chi connectivity index (χ1n) is 7.30. The first kappa shape index (κ1) is 19.0. The van der Waals surface area contributed by atoms with E-state index < -0.39 is 0 Å². The summed E-state index contributed by atoms with van der Waals surface area (Å²) in [6.07, 6.45) is 5.51. The molecule has 0 atom stereocenters. The Kier molecular flexibility index (Phi) is 9.14. The fraction of sp³-hybridized carbons (Fsp3) is 0.467. The van der Waals surface area contributed by atoms with Gasteiger partial charge in [0.1, 0.15) is 10.8 Å². The number of hydrogen-bond acceptors (Lipinski definition) is 4. The van der Waals surface area contributed by atoms with E-state index in [-0.39, 0.29) is 24.0 Å². The van der Waals surface area contributed by atoms with Gasteiger partial charge in [-0.3, -0.25) is 0 Å². The Balaban J connectivity index is 0.00000242. The van der Waals surface area contributed by atoms with Gasteiger partial charge in [-0.25, -0.2) is 9.98 Å². The predicted octanol–water partition coefficient (Wildman–Crippen LogP) is 3.21. The lowest BCUT2D eigenvalue weighted by molar-refractivity contribution is 0.507. The summed E-state index contributed by atoms with van der Waals surface area (Å²) in [7, 11) is 0. The van der Waals surface area contributed by atoms with Crippen LogP contribution in [0.3, 0.4) is 0 Å². The van der Waals surface area contributed by atoms with Crippen LogP contribution in [0.5, 0.6) is 0 Å². The molecule has 0 aliphatic carbocycles. The Labute approximate surface area is 152 Å². The zero-order valence-corrected chi connectivity index (χ0v) is 16.1. The summed E-state index contributed by atoms with van der Waals surface area (Å²) in [5, 5.41) is 7.60. The summed E-state index contributed by atoms with van der Waals surface area (Å²) in [5.74, 6) is 1.79. The van der Waals surface area contributed by atoms with E-state index in [1.54, 1.807) is 17.6 Å². The molecule has 122 valence electrons. The van der Waals surface area contributed by atoms with E-state index in [4.69, 9.17) is 4.42 Å². The van der Waals surface area contributed by atoms with Gasteiger partial charge >= 0.3 is 0 Å². The summed E-state index contributed by atoms with van der Waals surface area (Å²) in [4.78, 5) is 10.2. The highest BCUT2D eigenvalue weighted by molar-refractivity contribution is 14.0. The molecule has 22 heavy (non-hydrogen) atoms. The molecule has 0 aliphatic rings. The maximum atomic E-state index is 5.31. The van der Waals surface area contributed by atoms with Crippen LogP contribution in [-0.4, -0.2) is 24.0 Å². The van der Waals surface area contributed by atoms with Crippen molar-refractivity contribution in [2.75, 3.05) is 13.1 Å². The third kappa shape index (κ3) is 6.35. The molecule has 2 heterocycles. The fourth-order valence-corrected chi connectivity index (χ4v) is 2.62.